The van der Waals surface area contributed by atoms with Gasteiger partial charge in [-0.05, 0) is 43.0 Å². The summed E-state index contributed by atoms with van der Waals surface area (Å²) in [4.78, 5) is 0. The van der Waals surface area contributed by atoms with Gasteiger partial charge >= 0.3 is 0 Å². The van der Waals surface area contributed by atoms with E-state index < -0.39 is 0 Å². The van der Waals surface area contributed by atoms with Crippen molar-refractivity contribution in [3.8, 4) is 5.75 Å². The monoisotopic (exact) mass is 311 g/mol. The summed E-state index contributed by atoms with van der Waals surface area (Å²) in [6.45, 7) is 8.74. The van der Waals surface area contributed by atoms with Crippen molar-refractivity contribution in [3.63, 3.8) is 0 Å². The lowest BCUT2D eigenvalue weighted by molar-refractivity contribution is 0.164. The molecule has 100 valence electrons. The van der Waals surface area contributed by atoms with Crippen LogP contribution < -0.4 is 10.1 Å². The van der Waals surface area contributed by atoms with E-state index in [1.165, 1.54) is 12.0 Å². The molecule has 18 heavy (non-hydrogen) atoms. The Kier molecular flexibility index (Phi) is 4.33. The van der Waals surface area contributed by atoms with Gasteiger partial charge in [-0.2, -0.15) is 0 Å². The summed E-state index contributed by atoms with van der Waals surface area (Å²) >= 11 is 3.55. The average molecular weight is 312 g/mol. The first kappa shape index (κ1) is 13.9. The maximum atomic E-state index is 6.18. The minimum atomic E-state index is 0.0984. The summed E-state index contributed by atoms with van der Waals surface area (Å²) in [6.07, 6.45) is 2.65. The van der Waals surface area contributed by atoms with Gasteiger partial charge in [0.1, 0.15) is 11.9 Å². The van der Waals surface area contributed by atoms with Gasteiger partial charge in [-0.15, -0.1) is 0 Å². The number of piperidine rings is 1. The molecule has 0 amide bonds. The van der Waals surface area contributed by atoms with Gasteiger partial charge in [0.05, 0.1) is 0 Å². The molecule has 0 unspecified atom stereocenters. The molecule has 1 aliphatic heterocycles. The molecule has 1 heterocycles. The van der Waals surface area contributed by atoms with Crippen molar-refractivity contribution >= 4 is 15.9 Å². The fraction of sp³-hybridized carbons (Fsp3) is 0.600. The molecular weight excluding hydrogens is 290 g/mol. The van der Waals surface area contributed by atoms with Gasteiger partial charge in [-0.25, -0.2) is 0 Å². The maximum Gasteiger partial charge on any atom is 0.123 e. The number of nitrogens with one attached hydrogen (secondary N) is 1. The third kappa shape index (κ3) is 3.48. The summed E-state index contributed by atoms with van der Waals surface area (Å²) in [5, 5.41) is 3.39. The van der Waals surface area contributed by atoms with E-state index in [0.29, 0.717) is 6.10 Å². The highest BCUT2D eigenvalue weighted by atomic mass is 79.9. The Morgan fingerprint density at radius 2 is 2.11 bits per heavy atom. The van der Waals surface area contributed by atoms with Crippen LogP contribution in [0.15, 0.2) is 22.7 Å². The van der Waals surface area contributed by atoms with Gasteiger partial charge in [-0.1, -0.05) is 36.7 Å². The molecular formula is C15H22BrNO. The Balaban J connectivity index is 2.21. The second-order valence-corrected chi connectivity index (χ2v) is 6.89. The zero-order valence-corrected chi connectivity index (χ0v) is 13.0. The van der Waals surface area contributed by atoms with Crippen LogP contribution in [0.4, 0.5) is 0 Å². The van der Waals surface area contributed by atoms with Gasteiger partial charge in [0.2, 0.25) is 0 Å². The van der Waals surface area contributed by atoms with Crippen molar-refractivity contribution in [1.82, 2.24) is 5.32 Å². The normalized spacial score (nSPS) is 20.8. The molecule has 0 saturated carbocycles. The molecule has 1 aromatic carbocycles. The molecule has 1 saturated heterocycles. The van der Waals surface area contributed by atoms with E-state index in [1.54, 1.807) is 0 Å². The molecule has 1 fully saturated rings. The van der Waals surface area contributed by atoms with Crippen LogP contribution in [-0.2, 0) is 5.41 Å². The second kappa shape index (κ2) is 5.62. The number of halogens is 1. The van der Waals surface area contributed by atoms with E-state index in [1.807, 2.05) is 0 Å². The van der Waals surface area contributed by atoms with Crippen LogP contribution in [0.2, 0.25) is 0 Å². The van der Waals surface area contributed by atoms with Crippen LogP contribution in [-0.4, -0.2) is 19.2 Å². The van der Waals surface area contributed by atoms with Crippen molar-refractivity contribution in [1.29, 1.82) is 0 Å². The molecule has 1 N–H and O–H groups in total. The summed E-state index contributed by atoms with van der Waals surface area (Å²) in [5.74, 6) is 1.03. The lowest BCUT2D eigenvalue weighted by atomic mass is 9.86. The first-order valence-electron chi connectivity index (χ1n) is 6.64. The topological polar surface area (TPSA) is 21.3 Å². The van der Waals surface area contributed by atoms with E-state index >= 15 is 0 Å². The minimum Gasteiger partial charge on any atom is -0.489 e. The Morgan fingerprint density at radius 1 is 1.33 bits per heavy atom. The Hall–Kier alpha value is -0.540. The van der Waals surface area contributed by atoms with Crippen LogP contribution in [0, 0.1) is 0 Å². The van der Waals surface area contributed by atoms with Gasteiger partial charge in [0, 0.05) is 16.6 Å². The van der Waals surface area contributed by atoms with Crippen molar-refractivity contribution in [2.45, 2.75) is 45.1 Å². The highest BCUT2D eigenvalue weighted by Gasteiger charge is 2.22. The molecule has 1 aliphatic rings. The minimum absolute atomic E-state index is 0.0984. The van der Waals surface area contributed by atoms with Crippen molar-refractivity contribution in [2.24, 2.45) is 0 Å². The molecule has 2 rings (SSSR count). The van der Waals surface area contributed by atoms with Crippen LogP contribution >= 0.6 is 15.9 Å². The number of benzene rings is 1. The van der Waals surface area contributed by atoms with Crippen LogP contribution in [0.1, 0.15) is 39.2 Å². The zero-order valence-electron chi connectivity index (χ0n) is 11.4. The van der Waals surface area contributed by atoms with Gasteiger partial charge in [0.15, 0.2) is 0 Å². The zero-order chi connectivity index (χ0) is 13.2. The number of ether oxygens (including phenoxy) is 1. The van der Waals surface area contributed by atoms with E-state index in [0.717, 1.165) is 29.7 Å². The fourth-order valence-corrected chi connectivity index (χ4v) is 2.65. The van der Waals surface area contributed by atoms with E-state index in [9.17, 15) is 0 Å². The van der Waals surface area contributed by atoms with E-state index in [-0.39, 0.29) is 5.41 Å². The fourth-order valence-electron chi connectivity index (χ4n) is 2.29. The second-order valence-electron chi connectivity index (χ2n) is 5.98. The van der Waals surface area contributed by atoms with E-state index in [2.05, 4.69) is 60.2 Å². The lowest BCUT2D eigenvalue weighted by Gasteiger charge is -2.28. The Labute approximate surface area is 118 Å². The molecule has 0 aromatic heterocycles. The number of hydrogen-bond donors (Lipinski definition) is 1. The van der Waals surface area contributed by atoms with Gasteiger partial charge in [-0.3, -0.25) is 0 Å². The molecule has 1 atom stereocenters. The first-order valence-corrected chi connectivity index (χ1v) is 7.43. The van der Waals surface area contributed by atoms with Crippen LogP contribution in [0.3, 0.4) is 0 Å². The van der Waals surface area contributed by atoms with Crippen LogP contribution in [0.25, 0.3) is 0 Å². The standard InChI is InChI=1S/C15H22BrNO/c1-15(2,3)13-9-11(16)6-7-14(13)18-12-5-4-8-17-10-12/h6-7,9,12,17H,4-5,8,10H2,1-3H3/t12-/m0/s1. The molecule has 0 spiro atoms. The molecule has 0 radical (unpaired) electrons. The first-order chi connectivity index (χ1) is 8.47. The van der Waals surface area contributed by atoms with Crippen molar-refractivity contribution < 1.29 is 4.74 Å². The number of rotatable bonds is 2. The van der Waals surface area contributed by atoms with Gasteiger partial charge in [0.25, 0.3) is 0 Å². The Bertz CT molecular complexity index is 405. The smallest absolute Gasteiger partial charge is 0.123 e. The maximum absolute atomic E-state index is 6.18. The summed E-state index contributed by atoms with van der Waals surface area (Å²) in [5.41, 5.74) is 1.36. The molecule has 2 nitrogen and oxygen atoms in total. The predicted molar refractivity (Wildman–Crippen MR) is 79.4 cm³/mol. The molecule has 0 bridgehead atoms. The van der Waals surface area contributed by atoms with Crippen molar-refractivity contribution in [3.05, 3.63) is 28.2 Å². The van der Waals surface area contributed by atoms with E-state index in [4.69, 9.17) is 4.74 Å². The van der Waals surface area contributed by atoms with Crippen molar-refractivity contribution in [2.75, 3.05) is 13.1 Å². The quantitative estimate of drug-likeness (QED) is 0.895. The highest BCUT2D eigenvalue weighted by Crippen LogP contribution is 2.34. The summed E-state index contributed by atoms with van der Waals surface area (Å²) < 4.78 is 7.30. The molecule has 3 heteroatoms. The number of hydrogen-bond acceptors (Lipinski definition) is 2. The van der Waals surface area contributed by atoms with Gasteiger partial charge < -0.3 is 10.1 Å². The summed E-state index contributed by atoms with van der Waals surface area (Å²) in [6, 6.07) is 6.31. The third-order valence-corrected chi connectivity index (χ3v) is 3.79. The Morgan fingerprint density at radius 3 is 2.72 bits per heavy atom. The highest BCUT2D eigenvalue weighted by molar-refractivity contribution is 9.10. The molecule has 0 aliphatic carbocycles. The van der Waals surface area contributed by atoms with Crippen LogP contribution in [0.5, 0.6) is 5.75 Å². The lowest BCUT2D eigenvalue weighted by Crippen LogP contribution is -2.37. The summed E-state index contributed by atoms with van der Waals surface area (Å²) in [7, 11) is 0. The third-order valence-electron chi connectivity index (χ3n) is 3.29. The predicted octanol–water partition coefficient (Wildman–Crippen LogP) is 3.88. The molecule has 1 aromatic rings. The average Bonchev–Trinajstić information content (AvgIpc) is 2.31. The SMILES string of the molecule is CC(C)(C)c1cc(Br)ccc1O[C@H]1CCCNC1. The largest absolute Gasteiger partial charge is 0.489 e.